The Morgan fingerprint density at radius 1 is 1.27 bits per heavy atom. The van der Waals surface area contributed by atoms with Gasteiger partial charge >= 0.3 is 5.69 Å². The maximum atomic E-state index is 8.89. The highest BCUT2D eigenvalue weighted by Crippen LogP contribution is 1.98. The molecule has 15 heavy (non-hydrogen) atoms. The van der Waals surface area contributed by atoms with Gasteiger partial charge in [-0.05, 0) is 0 Å². The van der Waals surface area contributed by atoms with Crippen LogP contribution >= 0.6 is 0 Å². The maximum Gasteiger partial charge on any atom is 0.302 e. The minimum atomic E-state index is 0.571. The Kier molecular flexibility index (Phi) is 2.70. The summed E-state index contributed by atoms with van der Waals surface area (Å²) in [6.45, 7) is 0.701. The molecule has 3 heteroatoms. The molecule has 0 spiro atoms. The van der Waals surface area contributed by atoms with Crippen LogP contribution in [0.2, 0.25) is 0 Å². The molecular weight excluding hydrogens is 186 g/mol. The van der Waals surface area contributed by atoms with E-state index in [9.17, 15) is 0 Å². The molecule has 0 unspecified atom stereocenters. The molecule has 0 radical (unpaired) electrons. The largest absolute Gasteiger partial charge is 0.302 e. The van der Waals surface area contributed by atoms with Gasteiger partial charge in [0.1, 0.15) is 6.20 Å². The molecule has 0 amide bonds. The lowest BCUT2D eigenvalue weighted by Gasteiger charge is -1.97. The third-order valence-corrected chi connectivity index (χ3v) is 2.15. The van der Waals surface area contributed by atoms with Crippen LogP contribution in [0, 0.1) is 11.3 Å². The molecule has 2 aromatic rings. The van der Waals surface area contributed by atoms with E-state index in [4.69, 9.17) is 5.26 Å². The van der Waals surface area contributed by atoms with Crippen LogP contribution in [0.4, 0.5) is 0 Å². The second kappa shape index (κ2) is 4.34. The van der Waals surface area contributed by atoms with Gasteiger partial charge in [0.05, 0.1) is 6.20 Å². The number of nitrogens with zero attached hydrogens (tertiary/aromatic N) is 3. The fraction of sp³-hybridized carbons (Fsp3) is 0.0833. The molecule has 72 valence electrons. The van der Waals surface area contributed by atoms with Gasteiger partial charge in [-0.25, -0.2) is 0 Å². The van der Waals surface area contributed by atoms with Crippen LogP contribution in [0.3, 0.4) is 0 Å². The first-order valence-corrected chi connectivity index (χ1v) is 4.67. The van der Waals surface area contributed by atoms with Crippen LogP contribution < -0.4 is 4.57 Å². The number of nitriles is 1. The van der Waals surface area contributed by atoms with Crippen molar-refractivity contribution >= 4 is 0 Å². The van der Waals surface area contributed by atoms with Crippen LogP contribution in [0.5, 0.6) is 0 Å². The Labute approximate surface area is 88.3 Å². The second-order valence-electron chi connectivity index (χ2n) is 3.19. The second-order valence-corrected chi connectivity index (χ2v) is 3.19. The normalized spacial score (nSPS) is 9.53. The van der Waals surface area contributed by atoms with E-state index in [0.29, 0.717) is 12.2 Å². The molecule has 0 N–H and O–H groups in total. The third-order valence-electron chi connectivity index (χ3n) is 2.15. The fourth-order valence-electron chi connectivity index (χ4n) is 1.40. The van der Waals surface area contributed by atoms with Gasteiger partial charge in [0.15, 0.2) is 18.8 Å². The van der Waals surface area contributed by atoms with E-state index < -0.39 is 0 Å². The average molecular weight is 196 g/mol. The summed E-state index contributed by atoms with van der Waals surface area (Å²) in [6, 6.07) is 12.1. The van der Waals surface area contributed by atoms with Crippen LogP contribution in [0.25, 0.3) is 0 Å². The average Bonchev–Trinajstić information content (AvgIpc) is 2.31. The Balaban J connectivity index is 2.29. The topological polar surface area (TPSA) is 40.6 Å². The van der Waals surface area contributed by atoms with Crippen LogP contribution in [-0.2, 0) is 6.54 Å². The lowest BCUT2D eigenvalue weighted by Crippen LogP contribution is -2.37. The van der Waals surface area contributed by atoms with Crippen LogP contribution in [0.1, 0.15) is 11.3 Å². The zero-order chi connectivity index (χ0) is 10.5. The Morgan fingerprint density at radius 3 is 2.80 bits per heavy atom. The summed E-state index contributed by atoms with van der Waals surface area (Å²) in [7, 11) is 0. The zero-order valence-electron chi connectivity index (χ0n) is 8.17. The predicted molar refractivity (Wildman–Crippen MR) is 54.7 cm³/mol. The molecule has 2 rings (SSSR count). The summed E-state index contributed by atoms with van der Waals surface area (Å²) in [5, 5.41) is 8.89. The van der Waals surface area contributed by atoms with Gasteiger partial charge in [-0.2, -0.15) is 9.83 Å². The van der Waals surface area contributed by atoms with Crippen LogP contribution in [-0.4, -0.2) is 4.98 Å². The molecule has 0 fully saturated rings. The van der Waals surface area contributed by atoms with Gasteiger partial charge in [0, 0.05) is 5.56 Å². The SMILES string of the molecule is N#Cc1cncc[n+]1Cc1ccccc1. The monoisotopic (exact) mass is 196 g/mol. The lowest BCUT2D eigenvalue weighted by molar-refractivity contribution is -0.691. The molecule has 0 aliphatic heterocycles. The van der Waals surface area contributed by atoms with Crippen molar-refractivity contribution in [2.75, 3.05) is 0 Å². The molecular formula is C12H10N3+. The van der Waals surface area contributed by atoms with Crippen LogP contribution in [0.15, 0.2) is 48.9 Å². The number of aromatic nitrogens is 2. The van der Waals surface area contributed by atoms with E-state index in [1.54, 1.807) is 12.4 Å². The first-order chi connectivity index (χ1) is 7.40. The van der Waals surface area contributed by atoms with Crippen molar-refractivity contribution in [2.24, 2.45) is 0 Å². The number of hydrogen-bond donors (Lipinski definition) is 0. The molecule has 0 saturated carbocycles. The van der Waals surface area contributed by atoms with Gasteiger partial charge in [0.2, 0.25) is 0 Å². The van der Waals surface area contributed by atoms with Crippen molar-refractivity contribution in [3.8, 4) is 6.07 Å². The van der Waals surface area contributed by atoms with E-state index >= 15 is 0 Å². The predicted octanol–water partition coefficient (Wildman–Crippen LogP) is 1.29. The van der Waals surface area contributed by atoms with E-state index in [2.05, 4.69) is 11.1 Å². The molecule has 0 atom stereocenters. The van der Waals surface area contributed by atoms with Gasteiger partial charge in [-0.15, -0.1) is 0 Å². The van der Waals surface area contributed by atoms with E-state index in [1.807, 2.05) is 41.1 Å². The smallest absolute Gasteiger partial charge is 0.251 e. The quantitative estimate of drug-likeness (QED) is 0.679. The summed E-state index contributed by atoms with van der Waals surface area (Å²) < 4.78 is 1.88. The highest BCUT2D eigenvalue weighted by Gasteiger charge is 2.09. The molecule has 3 nitrogen and oxygen atoms in total. The summed E-state index contributed by atoms with van der Waals surface area (Å²) in [5.74, 6) is 0. The summed E-state index contributed by atoms with van der Waals surface area (Å²) >= 11 is 0. The van der Waals surface area contributed by atoms with Gasteiger partial charge in [-0.1, -0.05) is 30.3 Å². The van der Waals surface area contributed by atoms with Gasteiger partial charge < -0.3 is 0 Å². The molecule has 0 saturated heterocycles. The molecule has 0 bridgehead atoms. The first kappa shape index (κ1) is 9.35. The van der Waals surface area contributed by atoms with E-state index in [-0.39, 0.29) is 0 Å². The molecule has 0 aliphatic carbocycles. The minimum absolute atomic E-state index is 0.571. The van der Waals surface area contributed by atoms with Crippen molar-refractivity contribution in [1.29, 1.82) is 5.26 Å². The zero-order valence-corrected chi connectivity index (χ0v) is 8.17. The minimum Gasteiger partial charge on any atom is -0.251 e. The van der Waals surface area contributed by atoms with Gasteiger partial charge in [0.25, 0.3) is 0 Å². The standard InChI is InChI=1S/C12H10N3/c13-8-12-9-14-6-7-15(12)10-11-4-2-1-3-5-11/h1-7,9H,10H2/q+1. The molecule has 1 aromatic heterocycles. The van der Waals surface area contributed by atoms with E-state index in [0.717, 1.165) is 0 Å². The van der Waals surface area contributed by atoms with Crippen molar-refractivity contribution in [3.63, 3.8) is 0 Å². The highest BCUT2D eigenvalue weighted by atomic mass is 15.0. The summed E-state index contributed by atoms with van der Waals surface area (Å²) in [5.41, 5.74) is 1.74. The van der Waals surface area contributed by atoms with Crippen molar-refractivity contribution in [1.82, 2.24) is 4.98 Å². The third kappa shape index (κ3) is 2.18. The Bertz CT molecular complexity index is 486. The number of hydrogen-bond acceptors (Lipinski definition) is 2. The maximum absolute atomic E-state index is 8.89. The summed E-state index contributed by atoms with van der Waals surface area (Å²) in [4.78, 5) is 3.91. The molecule has 1 heterocycles. The highest BCUT2D eigenvalue weighted by molar-refractivity contribution is 5.14. The van der Waals surface area contributed by atoms with E-state index in [1.165, 1.54) is 5.56 Å². The first-order valence-electron chi connectivity index (χ1n) is 4.67. The van der Waals surface area contributed by atoms with Crippen molar-refractivity contribution in [2.45, 2.75) is 6.54 Å². The Morgan fingerprint density at radius 2 is 2.07 bits per heavy atom. The Hall–Kier alpha value is -2.21. The fourth-order valence-corrected chi connectivity index (χ4v) is 1.40. The van der Waals surface area contributed by atoms with Crippen molar-refractivity contribution < 1.29 is 4.57 Å². The number of rotatable bonds is 2. The molecule has 0 aliphatic rings. The molecule has 1 aromatic carbocycles. The lowest BCUT2D eigenvalue weighted by atomic mass is 10.2. The number of benzene rings is 1. The van der Waals surface area contributed by atoms with Crippen molar-refractivity contribution in [3.05, 3.63) is 60.2 Å². The summed E-state index contributed by atoms with van der Waals surface area (Å²) in [6.07, 6.45) is 5.07. The van der Waals surface area contributed by atoms with Gasteiger partial charge in [-0.3, -0.25) is 4.98 Å².